The number of hydrogen-bond acceptors (Lipinski definition) is 2. The molecule has 1 atom stereocenters. The van der Waals surface area contributed by atoms with Gasteiger partial charge in [0, 0.05) is 4.47 Å². The number of hydrogen-bond donors (Lipinski definition) is 3. The Labute approximate surface area is 105 Å². The van der Waals surface area contributed by atoms with Crippen molar-refractivity contribution in [1.29, 1.82) is 0 Å². The third-order valence-electron chi connectivity index (χ3n) is 1.92. The number of para-hydroxylation sites is 1. The topological polar surface area (TPSA) is 78.4 Å². The number of nitrogens with one attached hydrogen (secondary N) is 2. The zero-order valence-electron chi connectivity index (χ0n) is 8.83. The fraction of sp³-hybridized carbons (Fsp3) is 0.200. The molecule has 0 aromatic heterocycles. The highest BCUT2D eigenvalue weighted by Gasteiger charge is 2.15. The molecule has 0 aliphatic heterocycles. The van der Waals surface area contributed by atoms with E-state index in [4.69, 9.17) is 5.11 Å². The number of anilines is 1. The minimum atomic E-state index is -1.17. The van der Waals surface area contributed by atoms with Crippen molar-refractivity contribution in [3.8, 4) is 0 Å². The van der Waals surface area contributed by atoms with E-state index in [1.807, 2.05) is 0 Å². The maximum absolute atomic E-state index is 13.3. The van der Waals surface area contributed by atoms with Crippen LogP contribution in [0.5, 0.6) is 0 Å². The molecule has 0 heterocycles. The highest BCUT2D eigenvalue weighted by atomic mass is 79.9. The van der Waals surface area contributed by atoms with Gasteiger partial charge in [-0.3, -0.25) is 4.79 Å². The average Bonchev–Trinajstić information content (AvgIpc) is 2.23. The first-order chi connectivity index (χ1) is 7.91. The Bertz CT molecular complexity index is 433. The molecule has 1 rings (SSSR count). The molecule has 0 aliphatic carbocycles. The Morgan fingerprint density at radius 3 is 2.65 bits per heavy atom. The maximum atomic E-state index is 13.3. The lowest BCUT2D eigenvalue weighted by atomic mass is 10.3. The molecule has 0 unspecified atom stereocenters. The van der Waals surface area contributed by atoms with E-state index >= 15 is 0 Å². The van der Waals surface area contributed by atoms with Crippen LogP contribution in [0.15, 0.2) is 22.7 Å². The SMILES string of the molecule is C[C@@H](NC(=O)Nc1c(F)cccc1Br)C(=O)O. The van der Waals surface area contributed by atoms with E-state index in [-0.39, 0.29) is 5.69 Å². The zero-order valence-corrected chi connectivity index (χ0v) is 10.4. The van der Waals surface area contributed by atoms with Crippen molar-refractivity contribution >= 4 is 33.6 Å². The Kier molecular flexibility index (Phi) is 4.45. The summed E-state index contributed by atoms with van der Waals surface area (Å²) in [6, 6.07) is 2.37. The van der Waals surface area contributed by atoms with Crippen LogP contribution in [0.4, 0.5) is 14.9 Å². The molecule has 0 spiro atoms. The third-order valence-corrected chi connectivity index (χ3v) is 2.58. The molecule has 0 aliphatic rings. The van der Waals surface area contributed by atoms with Gasteiger partial charge in [-0.2, -0.15) is 0 Å². The van der Waals surface area contributed by atoms with Gasteiger partial charge >= 0.3 is 12.0 Å². The van der Waals surface area contributed by atoms with Crippen LogP contribution < -0.4 is 10.6 Å². The van der Waals surface area contributed by atoms with E-state index in [2.05, 4.69) is 26.6 Å². The van der Waals surface area contributed by atoms with E-state index < -0.39 is 23.9 Å². The number of carbonyl (C=O) groups is 2. The van der Waals surface area contributed by atoms with E-state index in [1.54, 1.807) is 6.07 Å². The number of rotatable bonds is 3. The molecular formula is C10H10BrFN2O3. The fourth-order valence-electron chi connectivity index (χ4n) is 1.03. The molecule has 0 fully saturated rings. The monoisotopic (exact) mass is 304 g/mol. The number of halogens is 2. The standard InChI is InChI=1S/C10H10BrFN2O3/c1-5(9(15)16)13-10(17)14-8-6(11)3-2-4-7(8)12/h2-5H,1H3,(H,15,16)(H2,13,14,17)/t5-/m1/s1. The molecule has 5 nitrogen and oxygen atoms in total. The molecule has 3 N–H and O–H groups in total. The van der Waals surface area contributed by atoms with Crippen molar-refractivity contribution in [3.05, 3.63) is 28.5 Å². The Morgan fingerprint density at radius 2 is 2.12 bits per heavy atom. The predicted octanol–water partition coefficient (Wildman–Crippen LogP) is 2.18. The van der Waals surface area contributed by atoms with Gasteiger partial charge < -0.3 is 15.7 Å². The summed E-state index contributed by atoms with van der Waals surface area (Å²) in [5.41, 5.74) is -0.0393. The summed E-state index contributed by atoms with van der Waals surface area (Å²) >= 11 is 3.07. The number of aliphatic carboxylic acids is 1. The van der Waals surface area contributed by atoms with Gasteiger partial charge in [0.15, 0.2) is 0 Å². The lowest BCUT2D eigenvalue weighted by molar-refractivity contribution is -0.138. The first-order valence-corrected chi connectivity index (χ1v) is 5.45. The zero-order chi connectivity index (χ0) is 13.0. The number of amides is 2. The van der Waals surface area contributed by atoms with Gasteiger partial charge in [0.2, 0.25) is 0 Å². The van der Waals surface area contributed by atoms with Crippen molar-refractivity contribution in [3.63, 3.8) is 0 Å². The Balaban J connectivity index is 2.72. The predicted molar refractivity (Wildman–Crippen MR) is 63.4 cm³/mol. The van der Waals surface area contributed by atoms with Crippen molar-refractivity contribution in [2.24, 2.45) is 0 Å². The van der Waals surface area contributed by atoms with Crippen molar-refractivity contribution in [2.45, 2.75) is 13.0 Å². The normalized spacial score (nSPS) is 11.7. The number of carboxylic acid groups (broad SMARTS) is 1. The maximum Gasteiger partial charge on any atom is 0.325 e. The van der Waals surface area contributed by atoms with Crippen LogP contribution in [0, 0.1) is 5.82 Å². The lowest BCUT2D eigenvalue weighted by Crippen LogP contribution is -2.41. The molecular weight excluding hydrogens is 295 g/mol. The van der Waals surface area contributed by atoms with Gasteiger partial charge in [-0.25, -0.2) is 9.18 Å². The molecule has 1 aromatic rings. The second kappa shape index (κ2) is 5.62. The first kappa shape index (κ1) is 13.4. The molecule has 0 saturated heterocycles. The van der Waals surface area contributed by atoms with Gasteiger partial charge in [-0.15, -0.1) is 0 Å². The molecule has 2 amide bonds. The summed E-state index contributed by atoms with van der Waals surface area (Å²) in [5, 5.41) is 13.0. The fourth-order valence-corrected chi connectivity index (χ4v) is 1.47. The van der Waals surface area contributed by atoms with Crippen LogP contribution in [0.2, 0.25) is 0 Å². The van der Waals surface area contributed by atoms with Gasteiger partial charge in [0.1, 0.15) is 11.9 Å². The van der Waals surface area contributed by atoms with Crippen LogP contribution in [-0.2, 0) is 4.79 Å². The van der Waals surface area contributed by atoms with E-state index in [0.717, 1.165) is 0 Å². The quantitative estimate of drug-likeness (QED) is 0.801. The summed E-state index contributed by atoms with van der Waals surface area (Å²) in [6.45, 7) is 1.30. The van der Waals surface area contributed by atoms with Crippen LogP contribution in [0.1, 0.15) is 6.92 Å². The lowest BCUT2D eigenvalue weighted by Gasteiger charge is -2.12. The summed E-state index contributed by atoms with van der Waals surface area (Å²) in [6.07, 6.45) is 0. The van der Waals surface area contributed by atoms with Gasteiger partial charge in [-0.05, 0) is 35.0 Å². The summed E-state index contributed by atoms with van der Waals surface area (Å²) in [5.74, 6) is -1.79. The number of urea groups is 1. The third kappa shape index (κ3) is 3.70. The molecule has 0 radical (unpaired) electrons. The highest BCUT2D eigenvalue weighted by Crippen LogP contribution is 2.24. The average molecular weight is 305 g/mol. The van der Waals surface area contributed by atoms with Gasteiger partial charge in [0.05, 0.1) is 5.69 Å². The number of carbonyl (C=O) groups excluding carboxylic acids is 1. The molecule has 1 aromatic carbocycles. The van der Waals surface area contributed by atoms with Crippen LogP contribution in [-0.4, -0.2) is 23.1 Å². The highest BCUT2D eigenvalue weighted by molar-refractivity contribution is 9.10. The molecule has 17 heavy (non-hydrogen) atoms. The minimum Gasteiger partial charge on any atom is -0.480 e. The van der Waals surface area contributed by atoms with Crippen LogP contribution >= 0.6 is 15.9 Å². The van der Waals surface area contributed by atoms with Crippen LogP contribution in [0.3, 0.4) is 0 Å². The van der Waals surface area contributed by atoms with Crippen LogP contribution in [0.25, 0.3) is 0 Å². The van der Waals surface area contributed by atoms with Gasteiger partial charge in [0.25, 0.3) is 0 Å². The minimum absolute atomic E-state index is 0.0393. The second-order valence-electron chi connectivity index (χ2n) is 3.26. The molecule has 7 heteroatoms. The van der Waals surface area contributed by atoms with Crippen molar-refractivity contribution in [1.82, 2.24) is 5.32 Å². The largest absolute Gasteiger partial charge is 0.480 e. The number of carboxylic acids is 1. The van der Waals surface area contributed by atoms with Gasteiger partial charge in [-0.1, -0.05) is 6.07 Å². The van der Waals surface area contributed by atoms with Crippen molar-refractivity contribution < 1.29 is 19.1 Å². The molecule has 0 bridgehead atoms. The van der Waals surface area contributed by atoms with Crippen molar-refractivity contribution in [2.75, 3.05) is 5.32 Å². The summed E-state index contributed by atoms with van der Waals surface area (Å²) < 4.78 is 13.7. The number of benzene rings is 1. The van der Waals surface area contributed by atoms with E-state index in [0.29, 0.717) is 4.47 Å². The second-order valence-corrected chi connectivity index (χ2v) is 4.11. The molecule has 92 valence electrons. The molecule has 0 saturated carbocycles. The van der Waals surface area contributed by atoms with E-state index in [1.165, 1.54) is 19.1 Å². The smallest absolute Gasteiger partial charge is 0.325 e. The van der Waals surface area contributed by atoms with E-state index in [9.17, 15) is 14.0 Å². The Morgan fingerprint density at radius 1 is 1.47 bits per heavy atom. The summed E-state index contributed by atoms with van der Waals surface area (Å²) in [4.78, 5) is 21.9. The first-order valence-electron chi connectivity index (χ1n) is 4.66. The summed E-state index contributed by atoms with van der Waals surface area (Å²) in [7, 11) is 0. The Hall–Kier alpha value is -1.63.